The highest BCUT2D eigenvalue weighted by Crippen LogP contribution is 2.22. The molecule has 19 heavy (non-hydrogen) atoms. The minimum absolute atomic E-state index is 0.105. The van der Waals surface area contributed by atoms with E-state index >= 15 is 0 Å². The van der Waals surface area contributed by atoms with Crippen LogP contribution in [0.15, 0.2) is 42.6 Å². The van der Waals surface area contributed by atoms with Gasteiger partial charge in [0.15, 0.2) is 0 Å². The van der Waals surface area contributed by atoms with Crippen molar-refractivity contribution in [3.8, 4) is 0 Å². The number of hydrogen-bond acceptors (Lipinski definition) is 3. The van der Waals surface area contributed by atoms with E-state index in [1.165, 1.54) is 11.1 Å². The number of nitrogen functional groups attached to an aromatic ring is 1. The lowest BCUT2D eigenvalue weighted by Crippen LogP contribution is -2.27. The number of benzene rings is 1. The maximum atomic E-state index is 12.2. The molecule has 2 N–H and O–H groups in total. The Balaban J connectivity index is 1.68. The molecule has 0 aliphatic carbocycles. The lowest BCUT2D eigenvalue weighted by Gasteiger charge is -2.15. The van der Waals surface area contributed by atoms with Crippen molar-refractivity contribution < 1.29 is 4.79 Å². The van der Waals surface area contributed by atoms with E-state index in [9.17, 15) is 4.79 Å². The van der Waals surface area contributed by atoms with Crippen molar-refractivity contribution in [1.82, 2.24) is 9.88 Å². The van der Waals surface area contributed by atoms with Gasteiger partial charge in [-0.25, -0.2) is 0 Å². The molecule has 1 amide bonds. The highest BCUT2D eigenvalue weighted by molar-refractivity contribution is 5.79. The van der Waals surface area contributed by atoms with E-state index in [-0.39, 0.29) is 5.91 Å². The molecule has 0 atom stereocenters. The Morgan fingerprint density at radius 1 is 1.16 bits per heavy atom. The Morgan fingerprint density at radius 2 is 1.84 bits per heavy atom. The first-order valence-corrected chi connectivity index (χ1v) is 6.27. The van der Waals surface area contributed by atoms with Crippen LogP contribution in [0.3, 0.4) is 0 Å². The van der Waals surface area contributed by atoms with Gasteiger partial charge >= 0.3 is 0 Å². The number of rotatable bonds is 2. The van der Waals surface area contributed by atoms with Gasteiger partial charge in [-0.1, -0.05) is 24.3 Å². The summed E-state index contributed by atoms with van der Waals surface area (Å²) < 4.78 is 0. The standard InChI is InChI=1S/C15H15N3O/c16-13-5-6-14(17-8-13)7-15(19)18-9-11-3-1-2-4-12(11)10-18/h1-6,8H,7,9-10,16H2. The van der Waals surface area contributed by atoms with Crippen molar-refractivity contribution in [1.29, 1.82) is 0 Å². The molecule has 0 unspecified atom stereocenters. The molecule has 2 aromatic rings. The molecular formula is C15H15N3O. The van der Waals surface area contributed by atoms with Crippen LogP contribution in [0.25, 0.3) is 0 Å². The van der Waals surface area contributed by atoms with Crippen molar-refractivity contribution in [3.63, 3.8) is 0 Å². The predicted octanol–water partition coefficient (Wildman–Crippen LogP) is 1.75. The Labute approximate surface area is 111 Å². The molecule has 1 aliphatic rings. The van der Waals surface area contributed by atoms with Crippen LogP contribution in [0.1, 0.15) is 16.8 Å². The number of fused-ring (bicyclic) bond motifs is 1. The summed E-state index contributed by atoms with van der Waals surface area (Å²) in [6.45, 7) is 1.40. The molecule has 4 nitrogen and oxygen atoms in total. The fourth-order valence-electron chi connectivity index (χ4n) is 2.32. The summed E-state index contributed by atoms with van der Waals surface area (Å²) in [5.41, 5.74) is 9.43. The normalized spacial score (nSPS) is 13.4. The lowest BCUT2D eigenvalue weighted by atomic mass is 10.1. The highest BCUT2D eigenvalue weighted by Gasteiger charge is 2.22. The molecule has 1 aliphatic heterocycles. The van der Waals surface area contributed by atoms with E-state index in [1.807, 2.05) is 17.0 Å². The van der Waals surface area contributed by atoms with Crippen molar-refractivity contribution >= 4 is 11.6 Å². The SMILES string of the molecule is Nc1ccc(CC(=O)N2Cc3ccccc3C2)nc1. The zero-order valence-corrected chi connectivity index (χ0v) is 10.5. The summed E-state index contributed by atoms with van der Waals surface area (Å²) in [7, 11) is 0. The second kappa shape index (κ2) is 4.72. The lowest BCUT2D eigenvalue weighted by molar-refractivity contribution is -0.131. The summed E-state index contributed by atoms with van der Waals surface area (Å²) in [6, 6.07) is 11.7. The maximum absolute atomic E-state index is 12.2. The molecule has 4 heteroatoms. The maximum Gasteiger partial charge on any atom is 0.229 e. The predicted molar refractivity (Wildman–Crippen MR) is 73.0 cm³/mol. The molecule has 96 valence electrons. The average Bonchev–Trinajstić information content (AvgIpc) is 2.85. The average molecular weight is 253 g/mol. The van der Waals surface area contributed by atoms with Crippen LogP contribution >= 0.6 is 0 Å². The van der Waals surface area contributed by atoms with E-state index in [0.717, 1.165) is 5.69 Å². The van der Waals surface area contributed by atoms with E-state index in [1.54, 1.807) is 18.3 Å². The van der Waals surface area contributed by atoms with Gasteiger partial charge in [0.2, 0.25) is 5.91 Å². The van der Waals surface area contributed by atoms with E-state index < -0.39 is 0 Å². The number of pyridine rings is 1. The van der Waals surface area contributed by atoms with Crippen molar-refractivity contribution in [3.05, 3.63) is 59.4 Å². The van der Waals surface area contributed by atoms with Gasteiger partial charge in [-0.2, -0.15) is 0 Å². The van der Waals surface area contributed by atoms with Crippen LogP contribution in [-0.4, -0.2) is 15.8 Å². The number of hydrogen-bond donors (Lipinski definition) is 1. The minimum Gasteiger partial charge on any atom is -0.397 e. The van der Waals surface area contributed by atoms with Gasteiger partial charge in [0, 0.05) is 18.8 Å². The quantitative estimate of drug-likeness (QED) is 0.887. The zero-order chi connectivity index (χ0) is 13.2. The molecule has 1 aromatic carbocycles. The van der Waals surface area contributed by atoms with Gasteiger partial charge in [-0.15, -0.1) is 0 Å². The van der Waals surface area contributed by atoms with Gasteiger partial charge in [0.05, 0.1) is 18.3 Å². The number of nitrogens with two attached hydrogens (primary N) is 1. The van der Waals surface area contributed by atoms with Gasteiger partial charge < -0.3 is 10.6 Å². The zero-order valence-electron chi connectivity index (χ0n) is 10.5. The molecule has 0 fully saturated rings. The molecule has 2 heterocycles. The number of carbonyl (C=O) groups excluding carboxylic acids is 1. The molecule has 0 saturated carbocycles. The Kier molecular flexibility index (Phi) is 2.91. The van der Waals surface area contributed by atoms with E-state index in [0.29, 0.717) is 25.2 Å². The number of carbonyl (C=O) groups is 1. The minimum atomic E-state index is 0.105. The summed E-state index contributed by atoms with van der Waals surface area (Å²) in [4.78, 5) is 18.3. The van der Waals surface area contributed by atoms with E-state index in [4.69, 9.17) is 5.73 Å². The third-order valence-corrected chi connectivity index (χ3v) is 3.37. The third-order valence-electron chi connectivity index (χ3n) is 3.37. The van der Waals surface area contributed by atoms with Crippen LogP contribution in [0.4, 0.5) is 5.69 Å². The van der Waals surface area contributed by atoms with Crippen LogP contribution < -0.4 is 5.73 Å². The first-order chi connectivity index (χ1) is 9.22. The second-order valence-corrected chi connectivity index (χ2v) is 4.78. The Bertz CT molecular complexity index is 582. The largest absolute Gasteiger partial charge is 0.397 e. The number of aromatic nitrogens is 1. The van der Waals surface area contributed by atoms with Crippen molar-refractivity contribution in [2.75, 3.05) is 5.73 Å². The molecule has 0 radical (unpaired) electrons. The summed E-state index contributed by atoms with van der Waals surface area (Å²) in [5, 5.41) is 0. The molecular weight excluding hydrogens is 238 g/mol. The highest BCUT2D eigenvalue weighted by atomic mass is 16.2. The topological polar surface area (TPSA) is 59.2 Å². The molecule has 0 saturated heterocycles. The monoisotopic (exact) mass is 253 g/mol. The third kappa shape index (κ3) is 2.42. The fourth-order valence-corrected chi connectivity index (χ4v) is 2.32. The summed E-state index contributed by atoms with van der Waals surface area (Å²) in [6.07, 6.45) is 1.91. The van der Waals surface area contributed by atoms with Crippen LogP contribution in [0, 0.1) is 0 Å². The summed E-state index contributed by atoms with van der Waals surface area (Å²) >= 11 is 0. The summed E-state index contributed by atoms with van der Waals surface area (Å²) in [5.74, 6) is 0.105. The van der Waals surface area contributed by atoms with Gasteiger partial charge in [-0.3, -0.25) is 9.78 Å². The first-order valence-electron chi connectivity index (χ1n) is 6.27. The first kappa shape index (κ1) is 11.7. The van der Waals surface area contributed by atoms with Crippen molar-refractivity contribution in [2.24, 2.45) is 0 Å². The van der Waals surface area contributed by atoms with Crippen LogP contribution in [-0.2, 0) is 24.3 Å². The Hall–Kier alpha value is -2.36. The fraction of sp³-hybridized carbons (Fsp3) is 0.200. The molecule has 1 aromatic heterocycles. The smallest absolute Gasteiger partial charge is 0.229 e. The number of anilines is 1. The molecule has 0 spiro atoms. The van der Waals surface area contributed by atoms with Crippen LogP contribution in [0.2, 0.25) is 0 Å². The molecule has 0 bridgehead atoms. The van der Waals surface area contributed by atoms with E-state index in [2.05, 4.69) is 17.1 Å². The van der Waals surface area contributed by atoms with Gasteiger partial charge in [0.25, 0.3) is 0 Å². The van der Waals surface area contributed by atoms with Crippen molar-refractivity contribution in [2.45, 2.75) is 19.5 Å². The number of amides is 1. The van der Waals surface area contributed by atoms with Gasteiger partial charge in [0.1, 0.15) is 0 Å². The molecule has 3 rings (SSSR count). The number of nitrogens with zero attached hydrogens (tertiary/aromatic N) is 2. The Morgan fingerprint density at radius 3 is 2.42 bits per heavy atom. The van der Waals surface area contributed by atoms with Gasteiger partial charge in [-0.05, 0) is 23.3 Å². The second-order valence-electron chi connectivity index (χ2n) is 4.78. The van der Waals surface area contributed by atoms with Crippen LogP contribution in [0.5, 0.6) is 0 Å².